The number of alkyl halides is 3. The monoisotopic (exact) mass is 652 g/mol. The van der Waals surface area contributed by atoms with Gasteiger partial charge in [-0.15, -0.1) is 16.4 Å². The summed E-state index contributed by atoms with van der Waals surface area (Å²) in [7, 11) is 1.46. The Morgan fingerprint density at radius 2 is 1.91 bits per heavy atom. The first-order valence-electron chi connectivity index (χ1n) is 12.8. The van der Waals surface area contributed by atoms with Crippen molar-refractivity contribution in [3.63, 3.8) is 0 Å². The molecule has 1 aliphatic rings. The summed E-state index contributed by atoms with van der Waals surface area (Å²) in [5.74, 6) is -3.87. The van der Waals surface area contributed by atoms with Gasteiger partial charge in [-0.25, -0.2) is 18.8 Å². The first-order valence-corrected chi connectivity index (χ1v) is 13.6. The summed E-state index contributed by atoms with van der Waals surface area (Å²) in [6.45, 7) is 0.441. The number of carbonyl (C=O) groups is 2. The Morgan fingerprint density at radius 3 is 2.49 bits per heavy atom. The lowest BCUT2D eigenvalue weighted by Gasteiger charge is -2.25. The van der Waals surface area contributed by atoms with Crippen molar-refractivity contribution >= 4 is 34.8 Å². The average Bonchev–Trinajstić information content (AvgIpc) is 3.63. The van der Waals surface area contributed by atoms with Crippen LogP contribution in [0.2, 0.25) is 0 Å². The van der Waals surface area contributed by atoms with Crippen molar-refractivity contribution in [1.29, 1.82) is 5.41 Å². The number of benzene rings is 2. The zero-order chi connectivity index (χ0) is 33.1. The summed E-state index contributed by atoms with van der Waals surface area (Å²) in [5, 5.41) is 33.3. The number of halogens is 4. The summed E-state index contributed by atoms with van der Waals surface area (Å²) in [5.41, 5.74) is 6.50. The molecule has 4 aromatic rings. The zero-order valence-corrected chi connectivity index (χ0v) is 23.9. The molecule has 0 spiro atoms. The number of nitrogens with one attached hydrogen (secondary N) is 3. The topological polar surface area (TPSA) is 206 Å². The van der Waals surface area contributed by atoms with Gasteiger partial charge in [-0.3, -0.25) is 10.4 Å². The number of aromatic amines is 1. The second-order valence-electron chi connectivity index (χ2n) is 9.28. The number of ether oxygens (including phenoxy) is 2. The maximum Gasteiger partial charge on any atom is 0.490 e. The molecule has 1 aliphatic heterocycles. The van der Waals surface area contributed by atoms with Crippen LogP contribution < -0.4 is 26.2 Å². The van der Waals surface area contributed by atoms with E-state index >= 15 is 4.39 Å². The number of nitrogens with zero attached hydrogens (tertiary/aromatic N) is 2. The summed E-state index contributed by atoms with van der Waals surface area (Å²) in [6, 6.07) is 8.54. The van der Waals surface area contributed by atoms with Gasteiger partial charge >= 0.3 is 23.8 Å². The number of anilines is 1. The fraction of sp³-hybridized carbons (Fsp3) is 0.222. The molecule has 0 fully saturated rings. The number of aliphatic carboxylic acids is 1. The van der Waals surface area contributed by atoms with Crippen LogP contribution in [0.5, 0.6) is 11.5 Å². The molecule has 3 heterocycles. The summed E-state index contributed by atoms with van der Waals surface area (Å²) in [6.07, 6.45) is -4.02. The van der Waals surface area contributed by atoms with Crippen molar-refractivity contribution in [2.45, 2.75) is 25.1 Å². The van der Waals surface area contributed by atoms with Gasteiger partial charge in [0.2, 0.25) is 0 Å². The molecule has 238 valence electrons. The Morgan fingerprint density at radius 1 is 1.24 bits per heavy atom. The molecule has 0 amide bonds. The molecule has 0 aliphatic carbocycles. The lowest BCUT2D eigenvalue weighted by Crippen LogP contribution is -2.21. The molecule has 1 unspecified atom stereocenters. The Labute approximate surface area is 254 Å². The third kappa shape index (κ3) is 7.06. The van der Waals surface area contributed by atoms with Crippen LogP contribution in [0, 0.1) is 11.2 Å². The molecule has 7 N–H and O–H groups in total. The third-order valence-electron chi connectivity index (χ3n) is 6.38. The fourth-order valence-electron chi connectivity index (χ4n) is 4.33. The van der Waals surface area contributed by atoms with Gasteiger partial charge < -0.3 is 30.7 Å². The van der Waals surface area contributed by atoms with E-state index in [1.54, 1.807) is 29.6 Å². The van der Waals surface area contributed by atoms with Crippen molar-refractivity contribution in [2.75, 3.05) is 19.0 Å². The fourth-order valence-corrected chi connectivity index (χ4v) is 5.04. The second-order valence-corrected chi connectivity index (χ2v) is 10.2. The summed E-state index contributed by atoms with van der Waals surface area (Å²) >= 11 is 0.958. The Bertz CT molecular complexity index is 1800. The van der Waals surface area contributed by atoms with Crippen molar-refractivity contribution in [3.8, 4) is 17.2 Å². The van der Waals surface area contributed by atoms with E-state index < -0.39 is 35.7 Å². The molecule has 2 aromatic carbocycles. The number of nitrogens with two attached hydrogens (primary N) is 1. The minimum absolute atomic E-state index is 0.0471. The maximum absolute atomic E-state index is 16.0. The molecule has 45 heavy (non-hydrogen) atoms. The molecule has 13 nitrogen and oxygen atoms in total. The van der Waals surface area contributed by atoms with Gasteiger partial charge in [0.25, 0.3) is 0 Å². The van der Waals surface area contributed by atoms with Gasteiger partial charge in [-0.1, -0.05) is 0 Å². The van der Waals surface area contributed by atoms with Gasteiger partial charge in [-0.2, -0.15) is 17.9 Å². The Hall–Kier alpha value is -5.39. The highest BCUT2D eigenvalue weighted by molar-refractivity contribution is 7.12. The van der Waals surface area contributed by atoms with Gasteiger partial charge in [0.05, 0.1) is 19.4 Å². The highest BCUT2D eigenvalue weighted by atomic mass is 32.1. The number of carboxylic acid groups (broad SMARTS) is 2. The molecule has 0 saturated heterocycles. The minimum atomic E-state index is -5.08. The van der Waals surface area contributed by atoms with Crippen molar-refractivity contribution < 1.29 is 46.8 Å². The van der Waals surface area contributed by atoms with E-state index in [0.29, 0.717) is 47.8 Å². The molecule has 1 atom stereocenters. The smallest absolute Gasteiger partial charge is 0.490 e. The number of carboxylic acids is 2. The number of aromatic carboxylic acids is 1. The number of methoxy groups -OCH3 is 1. The van der Waals surface area contributed by atoms with Crippen LogP contribution in [0.15, 0.2) is 46.6 Å². The average molecular weight is 653 g/mol. The SMILES string of the molecule is COc1cc(C(Nc2ccc(C(=N)N)cc2)c2nn(-c3ccsc3C(=O)O)c(=O)[nH]2)c(F)c2c1OCCC2.O=C(O)C(F)(F)F. The van der Waals surface area contributed by atoms with E-state index in [9.17, 15) is 27.9 Å². The number of amidine groups is 1. The summed E-state index contributed by atoms with van der Waals surface area (Å²) in [4.78, 5) is 36.0. The van der Waals surface area contributed by atoms with Crippen LogP contribution in [0.4, 0.5) is 23.2 Å². The van der Waals surface area contributed by atoms with Crippen LogP contribution in [0.25, 0.3) is 5.69 Å². The first-order chi connectivity index (χ1) is 21.2. The number of nitrogen functional groups attached to an aromatic ring is 1. The number of rotatable bonds is 8. The highest BCUT2D eigenvalue weighted by Gasteiger charge is 2.38. The van der Waals surface area contributed by atoms with Crippen molar-refractivity contribution in [1.82, 2.24) is 14.8 Å². The second kappa shape index (κ2) is 13.1. The molecular formula is C27H24F4N6O7S. The van der Waals surface area contributed by atoms with E-state index in [1.807, 2.05) is 0 Å². The lowest BCUT2D eigenvalue weighted by atomic mass is 9.96. The van der Waals surface area contributed by atoms with Crippen LogP contribution in [-0.4, -0.2) is 62.6 Å². The molecule has 18 heteroatoms. The van der Waals surface area contributed by atoms with Crippen LogP contribution in [-0.2, 0) is 11.2 Å². The predicted octanol–water partition coefficient (Wildman–Crippen LogP) is 3.91. The van der Waals surface area contributed by atoms with Crippen LogP contribution in [0.1, 0.15) is 44.6 Å². The minimum Gasteiger partial charge on any atom is -0.493 e. The van der Waals surface area contributed by atoms with Gasteiger partial charge in [0.15, 0.2) is 17.3 Å². The van der Waals surface area contributed by atoms with Gasteiger partial charge in [0, 0.05) is 22.4 Å². The van der Waals surface area contributed by atoms with E-state index in [-0.39, 0.29) is 27.8 Å². The van der Waals surface area contributed by atoms with E-state index in [2.05, 4.69) is 15.4 Å². The van der Waals surface area contributed by atoms with Gasteiger partial charge in [-0.05, 0) is 54.6 Å². The number of aromatic nitrogens is 3. The van der Waals surface area contributed by atoms with E-state index in [1.165, 1.54) is 19.2 Å². The molecule has 0 saturated carbocycles. The predicted molar refractivity (Wildman–Crippen MR) is 152 cm³/mol. The van der Waals surface area contributed by atoms with Crippen molar-refractivity contribution in [3.05, 3.63) is 85.5 Å². The van der Waals surface area contributed by atoms with E-state index in [4.69, 9.17) is 30.5 Å². The third-order valence-corrected chi connectivity index (χ3v) is 7.27. The molecule has 5 rings (SSSR count). The number of hydrogen-bond donors (Lipinski definition) is 6. The molecule has 0 bridgehead atoms. The number of thiophene rings is 1. The van der Waals surface area contributed by atoms with Gasteiger partial charge in [0.1, 0.15) is 22.6 Å². The standard InChI is InChI=1S/C25H23FN6O5S.C2HF3O2/c1-36-17-11-15(18(26)14-3-2-9-37-20(14)17)19(29-13-6-4-12(5-7-13)22(27)28)23-30-25(35)32(31-23)16-8-10-38-21(16)24(33)34;3-2(4,5)1(6)7/h4-8,10-11,19,29H,2-3,9H2,1H3,(H3,27,28)(H,33,34)(H,30,31,35);(H,6,7). The number of H-pyrrole nitrogens is 1. The summed E-state index contributed by atoms with van der Waals surface area (Å²) < 4.78 is 59.9. The van der Waals surface area contributed by atoms with Crippen LogP contribution >= 0.6 is 11.3 Å². The molecule has 0 radical (unpaired) electrons. The van der Waals surface area contributed by atoms with Crippen LogP contribution in [0.3, 0.4) is 0 Å². The lowest BCUT2D eigenvalue weighted by molar-refractivity contribution is -0.192. The van der Waals surface area contributed by atoms with E-state index in [0.717, 1.165) is 16.0 Å². The number of fused-ring (bicyclic) bond motifs is 1. The largest absolute Gasteiger partial charge is 0.493 e. The quantitative estimate of drug-likeness (QED) is 0.0919. The highest BCUT2D eigenvalue weighted by Crippen LogP contribution is 2.41. The van der Waals surface area contributed by atoms with Crippen molar-refractivity contribution in [2.24, 2.45) is 5.73 Å². The number of hydrogen-bond acceptors (Lipinski definition) is 9. The molecule has 2 aromatic heterocycles. The molecular weight excluding hydrogens is 628 g/mol. The maximum atomic E-state index is 16.0. The first kappa shape index (κ1) is 32.5. The normalized spacial score (nSPS) is 13.0. The Balaban J connectivity index is 0.000000591. The zero-order valence-electron chi connectivity index (χ0n) is 23.1. The Kier molecular flexibility index (Phi) is 9.46.